The molecule has 0 aliphatic rings. The van der Waals surface area contributed by atoms with Crippen LogP contribution in [0.2, 0.25) is 0 Å². The Labute approximate surface area is 379 Å². The van der Waals surface area contributed by atoms with Crippen LogP contribution in [-0.4, -0.2) is 19.1 Å². The normalized spacial score (nSPS) is 11.9. The van der Waals surface area contributed by atoms with Crippen LogP contribution in [0.4, 0.5) is 0 Å². The van der Waals surface area contributed by atoms with Gasteiger partial charge in [-0.3, -0.25) is 4.57 Å². The van der Waals surface area contributed by atoms with Crippen LogP contribution in [0.1, 0.15) is 0 Å². The predicted molar refractivity (Wildman–Crippen MR) is 277 cm³/mol. The zero-order valence-electron chi connectivity index (χ0n) is 35.7. The summed E-state index contributed by atoms with van der Waals surface area (Å²) in [6.07, 6.45) is 0. The predicted octanol–water partition coefficient (Wildman–Crippen LogP) is 16.3. The Balaban J connectivity index is 0.935. The van der Waals surface area contributed by atoms with Gasteiger partial charge in [-0.15, -0.1) is 0 Å². The van der Waals surface area contributed by atoms with Crippen molar-refractivity contribution in [2.45, 2.75) is 0 Å². The molecule has 14 rings (SSSR count). The minimum atomic E-state index is 0.911. The first-order valence-corrected chi connectivity index (χ1v) is 22.6. The Bertz CT molecular complexity index is 4220. The zero-order valence-corrected chi connectivity index (χ0v) is 35.7. The highest BCUT2D eigenvalue weighted by Gasteiger charge is 2.21. The van der Waals surface area contributed by atoms with Crippen molar-refractivity contribution in [1.29, 1.82) is 0 Å². The standard InChI is InChI=1S/C62H38N4/c1-3-15-40(16-4-1)59-52-24-12-11-23-49(52)53-35-36-54-51-33-31-42(37-58(51)65(61(54)60(53)64-59)43-17-5-2-6-18-43)39-27-29-41(30-28-39)62-63-56-25-13-14-26-57(56)66(62)44-32-34-50-47-21-8-7-19-45(47)46-20-9-10-22-48(46)55(50)38-44/h1-38H. The van der Waals surface area contributed by atoms with Crippen LogP contribution < -0.4 is 0 Å². The number of imidazole rings is 1. The van der Waals surface area contributed by atoms with Crippen LogP contribution >= 0.6 is 0 Å². The smallest absolute Gasteiger partial charge is 0.145 e. The average molecular weight is 839 g/mol. The van der Waals surface area contributed by atoms with E-state index in [1.807, 2.05) is 0 Å². The minimum Gasteiger partial charge on any atom is -0.307 e. The third-order valence-electron chi connectivity index (χ3n) is 13.7. The summed E-state index contributed by atoms with van der Waals surface area (Å²) in [7, 11) is 0. The van der Waals surface area contributed by atoms with Gasteiger partial charge in [-0.25, -0.2) is 9.97 Å². The second-order valence-corrected chi connectivity index (χ2v) is 17.3. The van der Waals surface area contributed by atoms with Gasteiger partial charge in [-0.2, -0.15) is 0 Å². The van der Waals surface area contributed by atoms with Gasteiger partial charge in [0, 0.05) is 44.0 Å². The molecule has 4 heteroatoms. The van der Waals surface area contributed by atoms with E-state index in [0.717, 1.165) is 83.5 Å². The van der Waals surface area contributed by atoms with Crippen molar-refractivity contribution in [3.63, 3.8) is 0 Å². The van der Waals surface area contributed by atoms with E-state index in [1.165, 1.54) is 48.5 Å². The van der Waals surface area contributed by atoms with Gasteiger partial charge < -0.3 is 4.57 Å². The summed E-state index contributed by atoms with van der Waals surface area (Å²) in [5.41, 5.74) is 12.9. The number of hydrogen-bond donors (Lipinski definition) is 0. The van der Waals surface area contributed by atoms with E-state index in [9.17, 15) is 0 Å². The third kappa shape index (κ3) is 5.45. The lowest BCUT2D eigenvalue weighted by atomic mass is 9.94. The molecule has 0 aliphatic heterocycles. The fraction of sp³-hybridized carbons (Fsp3) is 0. The highest BCUT2D eigenvalue weighted by atomic mass is 15.1. The van der Waals surface area contributed by atoms with Crippen LogP contribution in [0.3, 0.4) is 0 Å². The molecule has 0 amide bonds. The molecule has 0 fully saturated rings. The summed E-state index contributed by atoms with van der Waals surface area (Å²) in [5, 5.41) is 13.4. The van der Waals surface area contributed by atoms with Gasteiger partial charge in [0.25, 0.3) is 0 Å². The van der Waals surface area contributed by atoms with E-state index in [1.54, 1.807) is 0 Å². The van der Waals surface area contributed by atoms with Gasteiger partial charge in [-0.1, -0.05) is 188 Å². The molecule has 0 spiro atoms. The summed E-state index contributed by atoms with van der Waals surface area (Å²) >= 11 is 0. The van der Waals surface area contributed by atoms with Crippen LogP contribution in [0, 0.1) is 0 Å². The van der Waals surface area contributed by atoms with E-state index in [4.69, 9.17) is 9.97 Å². The molecule has 0 saturated heterocycles. The molecule has 0 bridgehead atoms. The number of aromatic nitrogens is 4. The fourth-order valence-corrected chi connectivity index (χ4v) is 10.7. The molecule has 0 aliphatic carbocycles. The maximum Gasteiger partial charge on any atom is 0.145 e. The average Bonchev–Trinajstić information content (AvgIpc) is 3.95. The van der Waals surface area contributed by atoms with Gasteiger partial charge in [0.15, 0.2) is 0 Å². The minimum absolute atomic E-state index is 0.911. The van der Waals surface area contributed by atoms with E-state index < -0.39 is 0 Å². The van der Waals surface area contributed by atoms with Gasteiger partial charge in [0.05, 0.1) is 33.3 Å². The van der Waals surface area contributed by atoms with Crippen LogP contribution in [0.25, 0.3) is 132 Å². The molecule has 306 valence electrons. The van der Waals surface area contributed by atoms with Gasteiger partial charge in [-0.05, 0) is 91.3 Å². The summed E-state index contributed by atoms with van der Waals surface area (Å²) in [6, 6.07) is 83.2. The first kappa shape index (κ1) is 36.6. The lowest BCUT2D eigenvalue weighted by Gasteiger charge is -2.14. The first-order chi connectivity index (χ1) is 32.7. The Hall–Kier alpha value is -8.86. The van der Waals surface area contributed by atoms with Crippen LogP contribution in [0.5, 0.6) is 0 Å². The largest absolute Gasteiger partial charge is 0.307 e. The Morgan fingerprint density at radius 2 is 0.803 bits per heavy atom. The molecular weight excluding hydrogens is 801 g/mol. The molecule has 0 saturated carbocycles. The molecular formula is C62H38N4. The maximum absolute atomic E-state index is 5.56. The summed E-state index contributed by atoms with van der Waals surface area (Å²) in [6.45, 7) is 0. The van der Waals surface area contributed by atoms with Gasteiger partial charge in [0.1, 0.15) is 5.82 Å². The Morgan fingerprint density at radius 1 is 0.273 bits per heavy atom. The number of para-hydroxylation sites is 3. The number of nitrogens with zero attached hydrogens (tertiary/aromatic N) is 4. The molecule has 0 atom stereocenters. The summed E-state index contributed by atoms with van der Waals surface area (Å²) < 4.78 is 4.74. The molecule has 11 aromatic carbocycles. The third-order valence-corrected chi connectivity index (χ3v) is 13.7. The Morgan fingerprint density at radius 3 is 1.53 bits per heavy atom. The van der Waals surface area contributed by atoms with E-state index >= 15 is 0 Å². The highest BCUT2D eigenvalue weighted by molar-refractivity contribution is 6.26. The van der Waals surface area contributed by atoms with Crippen LogP contribution in [-0.2, 0) is 0 Å². The molecule has 0 radical (unpaired) electrons. The van der Waals surface area contributed by atoms with E-state index in [0.29, 0.717) is 0 Å². The number of pyridine rings is 1. The van der Waals surface area contributed by atoms with Crippen molar-refractivity contribution >= 4 is 86.8 Å². The first-order valence-electron chi connectivity index (χ1n) is 22.6. The second kappa shape index (κ2) is 14.3. The maximum atomic E-state index is 5.56. The second-order valence-electron chi connectivity index (χ2n) is 17.3. The molecule has 0 N–H and O–H groups in total. The number of benzene rings is 11. The van der Waals surface area contributed by atoms with Crippen molar-refractivity contribution < 1.29 is 0 Å². The lowest BCUT2D eigenvalue weighted by Crippen LogP contribution is -1.98. The topological polar surface area (TPSA) is 35.6 Å². The van der Waals surface area contributed by atoms with E-state index in [2.05, 4.69) is 240 Å². The number of hydrogen-bond acceptors (Lipinski definition) is 2. The quantitative estimate of drug-likeness (QED) is 0.162. The van der Waals surface area contributed by atoms with Crippen LogP contribution in [0.15, 0.2) is 231 Å². The van der Waals surface area contributed by atoms with Crippen molar-refractivity contribution in [2.75, 3.05) is 0 Å². The Kier molecular flexibility index (Phi) is 7.95. The number of fused-ring (bicyclic) bond motifs is 14. The van der Waals surface area contributed by atoms with Crippen molar-refractivity contribution in [3.8, 4) is 45.1 Å². The molecule has 14 aromatic rings. The monoisotopic (exact) mass is 838 g/mol. The highest BCUT2D eigenvalue weighted by Crippen LogP contribution is 2.42. The fourth-order valence-electron chi connectivity index (χ4n) is 10.7. The molecule has 3 heterocycles. The SMILES string of the molecule is c1ccc(-c2nc3c(ccc4c5ccc(-c6ccc(-c7nc8ccccc8n7-c7ccc8c9ccccc9c9ccccc9c8c7)cc6)cc5n(-c5ccccc5)c43)c3ccccc23)cc1. The molecule has 66 heavy (non-hydrogen) atoms. The van der Waals surface area contributed by atoms with Gasteiger partial charge >= 0.3 is 0 Å². The summed E-state index contributed by atoms with van der Waals surface area (Å²) in [4.78, 5) is 10.8. The zero-order chi connectivity index (χ0) is 43.3. The molecule has 4 nitrogen and oxygen atoms in total. The number of rotatable bonds is 5. The van der Waals surface area contributed by atoms with Crippen molar-refractivity contribution in [1.82, 2.24) is 19.1 Å². The van der Waals surface area contributed by atoms with Crippen molar-refractivity contribution in [3.05, 3.63) is 231 Å². The lowest BCUT2D eigenvalue weighted by molar-refractivity contribution is 1.11. The van der Waals surface area contributed by atoms with E-state index in [-0.39, 0.29) is 0 Å². The molecule has 3 aromatic heterocycles. The van der Waals surface area contributed by atoms with Crippen molar-refractivity contribution in [2.24, 2.45) is 0 Å². The molecule has 0 unspecified atom stereocenters. The summed E-state index contributed by atoms with van der Waals surface area (Å²) in [5.74, 6) is 0.911. The van der Waals surface area contributed by atoms with Gasteiger partial charge in [0.2, 0.25) is 0 Å².